The third-order valence-corrected chi connectivity index (χ3v) is 12.9. The summed E-state index contributed by atoms with van der Waals surface area (Å²) >= 11 is 0. The second kappa shape index (κ2) is 12.8. The molecule has 4 bridgehead atoms. The van der Waals surface area contributed by atoms with Gasteiger partial charge >= 0.3 is 13.8 Å². The molecule has 298 valence electrons. The van der Waals surface area contributed by atoms with Crippen LogP contribution >= 0.6 is 7.82 Å². The smallest absolute Gasteiger partial charge is 0.482 e. The molecule has 7 aliphatic rings. The van der Waals surface area contributed by atoms with Crippen LogP contribution in [0.3, 0.4) is 0 Å². The molecule has 7 atom stereocenters. The number of allylic oxidation sites excluding steroid dienone is 4. The molecule has 2 aromatic rings. The Hall–Kier alpha value is -4.36. The molecule has 4 aliphatic heterocycles. The van der Waals surface area contributed by atoms with Crippen LogP contribution in [0.1, 0.15) is 104 Å². The van der Waals surface area contributed by atoms with Gasteiger partial charge in [-0.25, -0.2) is 19.0 Å². The average molecular weight is 789 g/mol. The molecule has 1 aromatic heterocycles. The molecule has 0 radical (unpaired) electrons. The number of benzene rings is 1. The van der Waals surface area contributed by atoms with Gasteiger partial charge in [0.25, 0.3) is 0 Å². The van der Waals surface area contributed by atoms with Crippen molar-refractivity contribution in [3.8, 4) is 17.2 Å². The maximum absolute atomic E-state index is 15.3. The monoisotopic (exact) mass is 788 g/mol. The predicted octanol–water partition coefficient (Wildman–Crippen LogP) is 6.87. The zero-order chi connectivity index (χ0) is 40.3. The van der Waals surface area contributed by atoms with Crippen LogP contribution in [0.15, 0.2) is 52.3 Å². The van der Waals surface area contributed by atoms with Crippen molar-refractivity contribution in [2.75, 3.05) is 7.11 Å². The number of methoxy groups -OCH3 is 1. The maximum atomic E-state index is 15.3. The number of esters is 1. The number of carbonyl (C=O) groups excluding carboxylic acids is 2. The number of phosphoric ester groups is 1. The van der Waals surface area contributed by atoms with Gasteiger partial charge in [-0.05, 0) is 93.2 Å². The number of nitrogens with zero attached hydrogens (tertiary/aromatic N) is 4. The van der Waals surface area contributed by atoms with Crippen molar-refractivity contribution in [2.45, 2.75) is 116 Å². The Bertz CT molecular complexity index is 2270. The molecule has 7 unspecified atom stereocenters. The van der Waals surface area contributed by atoms with Crippen molar-refractivity contribution in [2.24, 2.45) is 22.7 Å². The Kier molecular flexibility index (Phi) is 8.82. The van der Waals surface area contributed by atoms with Crippen LogP contribution in [-0.4, -0.2) is 71.5 Å². The first-order valence-corrected chi connectivity index (χ1v) is 20.6. The fraction of sp³-hybridized carbons (Fsp3) is 0.537. The summed E-state index contributed by atoms with van der Waals surface area (Å²) in [6.45, 7) is 15.6. The highest BCUT2D eigenvalue weighted by Crippen LogP contribution is 2.73. The van der Waals surface area contributed by atoms with Gasteiger partial charge in [0.15, 0.2) is 22.7 Å². The normalized spacial score (nSPS) is 31.2. The maximum Gasteiger partial charge on any atom is 0.524 e. The van der Waals surface area contributed by atoms with Gasteiger partial charge in [-0.2, -0.15) is 10.1 Å². The lowest BCUT2D eigenvalue weighted by Gasteiger charge is -2.64. The summed E-state index contributed by atoms with van der Waals surface area (Å²) in [5, 5.41) is 4.56. The SMILES string of the molecule is COC(=O)C(C)=CCC12OC(C)(C)C3CC(C1=O)C1C4C(=Nc5ncnn51)c1c(OP(=O)(O)O)c5c(c(CC=C(C)C)c1OC432)OC(C)(CCC=C(C)C)C=C5. The molecule has 56 heavy (non-hydrogen) atoms. The van der Waals surface area contributed by atoms with E-state index in [-0.39, 0.29) is 41.1 Å². The first-order chi connectivity index (χ1) is 26.3. The highest BCUT2D eigenvalue weighted by molar-refractivity contribution is 7.46. The molecule has 1 aromatic carbocycles. The zero-order valence-electron chi connectivity index (χ0n) is 33.2. The number of Topliss-reactive ketones (excluding diaryl/α,β-unsaturated/α-hetero) is 1. The minimum atomic E-state index is -5.20. The topological polar surface area (TPSA) is 181 Å². The highest BCUT2D eigenvalue weighted by Gasteiger charge is 2.86. The molecule has 9 rings (SSSR count). The van der Waals surface area contributed by atoms with E-state index in [0.717, 1.165) is 12.0 Å². The number of rotatable bonds is 10. The molecule has 4 fully saturated rings. The lowest BCUT2D eigenvalue weighted by molar-refractivity contribution is -0.207. The first kappa shape index (κ1) is 38.5. The largest absolute Gasteiger partial charge is 0.524 e. The zero-order valence-corrected chi connectivity index (χ0v) is 34.1. The van der Waals surface area contributed by atoms with Crippen LogP contribution < -0.4 is 14.0 Å². The van der Waals surface area contributed by atoms with Crippen molar-refractivity contribution in [3.05, 3.63) is 64.0 Å². The summed E-state index contributed by atoms with van der Waals surface area (Å²) in [5.41, 5.74) is -0.596. The van der Waals surface area contributed by atoms with Gasteiger partial charge in [0.1, 0.15) is 23.4 Å². The number of ether oxygens (including phenoxy) is 4. The molecule has 3 aliphatic carbocycles. The number of fused-ring (bicyclic) bond motifs is 4. The summed E-state index contributed by atoms with van der Waals surface area (Å²) in [7, 11) is -3.90. The molecule has 0 amide bonds. The molecule has 14 nitrogen and oxygen atoms in total. The van der Waals surface area contributed by atoms with Gasteiger partial charge in [-0.3, -0.25) is 14.6 Å². The quantitative estimate of drug-likeness (QED) is 0.111. The summed E-state index contributed by atoms with van der Waals surface area (Å²) in [4.78, 5) is 58.6. The van der Waals surface area contributed by atoms with Crippen molar-refractivity contribution >= 4 is 37.3 Å². The Morgan fingerprint density at radius 2 is 1.80 bits per heavy atom. The summed E-state index contributed by atoms with van der Waals surface area (Å²) in [6.07, 6.45) is 13.0. The fourth-order valence-corrected chi connectivity index (χ4v) is 10.6. The second-order valence-electron chi connectivity index (χ2n) is 17.1. The van der Waals surface area contributed by atoms with Gasteiger partial charge in [0, 0.05) is 29.4 Å². The lowest BCUT2D eigenvalue weighted by Crippen LogP contribution is -2.79. The third-order valence-electron chi connectivity index (χ3n) is 12.5. The molecule has 3 saturated carbocycles. The molecule has 2 N–H and O–H groups in total. The highest BCUT2D eigenvalue weighted by atomic mass is 31.2. The van der Waals surface area contributed by atoms with E-state index in [1.807, 2.05) is 60.6 Å². The molecule has 1 spiro atoms. The number of carbonyl (C=O) groups is 2. The van der Waals surface area contributed by atoms with E-state index >= 15 is 4.79 Å². The van der Waals surface area contributed by atoms with E-state index in [1.165, 1.54) is 19.0 Å². The van der Waals surface area contributed by atoms with Gasteiger partial charge in [0.05, 0.1) is 41.5 Å². The molecule has 5 heterocycles. The third kappa shape index (κ3) is 5.54. The van der Waals surface area contributed by atoms with E-state index < -0.39 is 54.1 Å². The van der Waals surface area contributed by atoms with Crippen molar-refractivity contribution < 1.29 is 47.4 Å². The summed E-state index contributed by atoms with van der Waals surface area (Å²) < 4.78 is 46.9. The van der Waals surface area contributed by atoms with E-state index in [1.54, 1.807) is 23.8 Å². The van der Waals surface area contributed by atoms with Crippen molar-refractivity contribution in [1.29, 1.82) is 0 Å². The Morgan fingerprint density at radius 3 is 2.48 bits per heavy atom. The molecule has 15 heteroatoms. The summed E-state index contributed by atoms with van der Waals surface area (Å²) in [5.74, 6) is -1.70. The van der Waals surface area contributed by atoms with Crippen LogP contribution in [0.25, 0.3) is 6.08 Å². The number of aromatic nitrogens is 3. The number of aliphatic imine (C=N–C) groups is 1. The number of hydrogen-bond acceptors (Lipinski definition) is 11. The van der Waals surface area contributed by atoms with Crippen LogP contribution in [-0.2, 0) is 30.0 Å². The predicted molar refractivity (Wildman–Crippen MR) is 206 cm³/mol. The molecule has 1 saturated heterocycles. The number of hydrogen-bond donors (Lipinski definition) is 2. The van der Waals surface area contributed by atoms with Crippen LogP contribution in [0.5, 0.6) is 17.2 Å². The Labute approximate surface area is 325 Å². The Morgan fingerprint density at radius 1 is 1.07 bits per heavy atom. The van der Waals surface area contributed by atoms with Crippen molar-refractivity contribution in [1.82, 2.24) is 14.8 Å². The first-order valence-electron chi connectivity index (χ1n) is 19.1. The lowest BCUT2D eigenvalue weighted by atomic mass is 9.44. The van der Waals surface area contributed by atoms with Gasteiger partial charge in [0.2, 0.25) is 5.95 Å². The standard InChI is InChI=1S/C41H49N4O10P/c1-21(2)11-10-16-39(8)17-15-25-32(52-39)24(13-12-22(3)4)33-28(34(25)54-56(48,49)50)30-29-31(45-37(44-30)42-20-43-45)26-19-27-38(6,7)55-40(35(26)46,41(27,29)53-33)18-14-23(5)36(47)51-9/h11-12,14-15,17,20,26-27,29,31H,10,13,16,18-19H2,1-9H3,(H2,48,49,50). The minimum Gasteiger partial charge on any atom is -0.482 e. The van der Waals surface area contributed by atoms with E-state index in [2.05, 4.69) is 16.2 Å². The summed E-state index contributed by atoms with van der Waals surface area (Å²) in [6, 6.07) is -0.612. The Balaban J connectivity index is 1.46. The van der Waals surface area contributed by atoms with E-state index in [9.17, 15) is 19.1 Å². The average Bonchev–Trinajstić information content (AvgIpc) is 3.64. The molecular weight excluding hydrogens is 739 g/mol. The van der Waals surface area contributed by atoms with Gasteiger partial charge in [-0.1, -0.05) is 29.4 Å². The van der Waals surface area contributed by atoms with Crippen molar-refractivity contribution in [3.63, 3.8) is 0 Å². The van der Waals surface area contributed by atoms with Crippen LogP contribution in [0.4, 0.5) is 5.95 Å². The van der Waals surface area contributed by atoms with Crippen LogP contribution in [0, 0.1) is 17.8 Å². The molecular formula is C41H49N4O10P. The van der Waals surface area contributed by atoms with E-state index in [4.69, 9.17) is 28.5 Å². The van der Waals surface area contributed by atoms with E-state index in [0.29, 0.717) is 47.4 Å². The minimum absolute atomic E-state index is 0.000992. The number of ketones is 1. The van der Waals surface area contributed by atoms with Gasteiger partial charge < -0.3 is 23.5 Å². The number of phosphoric acid groups is 1. The van der Waals surface area contributed by atoms with Gasteiger partial charge in [-0.15, -0.1) is 0 Å². The van der Waals surface area contributed by atoms with Crippen LogP contribution in [0.2, 0.25) is 0 Å². The fourth-order valence-electron chi connectivity index (χ4n) is 10.2. The second-order valence-corrected chi connectivity index (χ2v) is 18.3.